The van der Waals surface area contributed by atoms with Crippen molar-refractivity contribution in [2.24, 2.45) is 0 Å². The molecule has 0 aromatic heterocycles. The topological polar surface area (TPSA) is 92.8 Å². The second kappa shape index (κ2) is 8.65. The van der Waals surface area contributed by atoms with E-state index in [1.165, 1.54) is 36.4 Å². The van der Waals surface area contributed by atoms with Crippen molar-refractivity contribution in [2.45, 2.75) is 31.6 Å². The third-order valence-electron chi connectivity index (χ3n) is 4.79. The molecule has 0 bridgehead atoms. The Morgan fingerprint density at radius 1 is 1.07 bits per heavy atom. The maximum absolute atomic E-state index is 12.8. The van der Waals surface area contributed by atoms with Crippen LogP contribution in [0, 0.1) is 6.92 Å². The first kappa shape index (κ1) is 20.9. The number of esters is 1. The highest BCUT2D eigenvalue weighted by Crippen LogP contribution is 2.22. The normalized spacial score (nSPS) is 13.9. The van der Waals surface area contributed by atoms with Crippen molar-refractivity contribution in [3.05, 3.63) is 59.2 Å². The summed E-state index contributed by atoms with van der Waals surface area (Å²) < 4.78 is 33.0. The van der Waals surface area contributed by atoms with E-state index in [2.05, 4.69) is 4.72 Å². The van der Waals surface area contributed by atoms with Crippen molar-refractivity contribution >= 4 is 27.6 Å². The molecule has 1 aliphatic rings. The summed E-state index contributed by atoms with van der Waals surface area (Å²) in [4.78, 5) is 26.2. The molecule has 154 valence electrons. The van der Waals surface area contributed by atoms with Crippen LogP contribution in [-0.2, 0) is 14.8 Å². The number of aryl methyl sites for hydroxylation is 1. The van der Waals surface area contributed by atoms with Crippen molar-refractivity contribution in [1.82, 2.24) is 4.90 Å². The third-order valence-corrected chi connectivity index (χ3v) is 6.17. The summed E-state index contributed by atoms with van der Waals surface area (Å²) in [6.45, 7) is 5.16. The van der Waals surface area contributed by atoms with Crippen molar-refractivity contribution in [3.63, 3.8) is 0 Å². The quantitative estimate of drug-likeness (QED) is 0.730. The van der Waals surface area contributed by atoms with E-state index in [1.54, 1.807) is 24.8 Å². The highest BCUT2D eigenvalue weighted by Gasteiger charge is 2.23. The van der Waals surface area contributed by atoms with Gasteiger partial charge in [0, 0.05) is 24.3 Å². The van der Waals surface area contributed by atoms with Crippen LogP contribution in [0.25, 0.3) is 0 Å². The number of likely N-dealkylation sites (tertiary alicyclic amines) is 1. The number of amides is 1. The fourth-order valence-electron chi connectivity index (χ4n) is 3.19. The van der Waals surface area contributed by atoms with Gasteiger partial charge in [-0.2, -0.15) is 0 Å². The summed E-state index contributed by atoms with van der Waals surface area (Å²) in [5, 5.41) is 0. The van der Waals surface area contributed by atoms with Crippen LogP contribution >= 0.6 is 0 Å². The van der Waals surface area contributed by atoms with E-state index in [1.807, 2.05) is 0 Å². The Kier molecular flexibility index (Phi) is 6.22. The minimum Gasteiger partial charge on any atom is -0.462 e. The number of hydrogen-bond donors (Lipinski definition) is 1. The maximum atomic E-state index is 12.8. The molecule has 2 aromatic rings. The van der Waals surface area contributed by atoms with Crippen LogP contribution in [0.2, 0.25) is 0 Å². The predicted molar refractivity (Wildman–Crippen MR) is 110 cm³/mol. The molecule has 0 atom stereocenters. The molecule has 1 saturated heterocycles. The van der Waals surface area contributed by atoms with E-state index >= 15 is 0 Å². The Labute approximate surface area is 170 Å². The number of anilines is 1. The summed E-state index contributed by atoms with van der Waals surface area (Å²) in [5.41, 5.74) is 1.78. The molecule has 0 radical (unpaired) electrons. The minimum absolute atomic E-state index is 0.0140. The summed E-state index contributed by atoms with van der Waals surface area (Å²) >= 11 is 0. The largest absolute Gasteiger partial charge is 0.462 e. The highest BCUT2D eigenvalue weighted by molar-refractivity contribution is 7.92. The zero-order valence-electron chi connectivity index (χ0n) is 16.5. The van der Waals surface area contributed by atoms with Gasteiger partial charge in [0.1, 0.15) is 0 Å². The molecular weight excluding hydrogens is 392 g/mol. The molecule has 2 aromatic carbocycles. The summed E-state index contributed by atoms with van der Waals surface area (Å²) in [6, 6.07) is 10.5. The van der Waals surface area contributed by atoms with Crippen molar-refractivity contribution < 1.29 is 22.7 Å². The molecule has 8 heteroatoms. The van der Waals surface area contributed by atoms with Crippen molar-refractivity contribution in [3.8, 4) is 0 Å². The van der Waals surface area contributed by atoms with E-state index in [9.17, 15) is 18.0 Å². The Bertz CT molecular complexity index is 1010. The predicted octanol–water partition coefficient (Wildman–Crippen LogP) is 3.21. The fraction of sp³-hybridized carbons (Fsp3) is 0.333. The first-order valence-corrected chi connectivity index (χ1v) is 11.0. The standard InChI is InChI=1S/C21H24N2O5S/c1-3-28-21(25)16-7-9-17(10-8-16)22-29(26,27)18-11-6-15(2)19(14-18)20(24)23-12-4-5-13-23/h6-11,14,22H,3-5,12-13H2,1-2H3. The molecule has 1 amide bonds. The lowest BCUT2D eigenvalue weighted by atomic mass is 10.1. The van der Waals surface area contributed by atoms with Crippen LogP contribution in [0.15, 0.2) is 47.4 Å². The van der Waals surface area contributed by atoms with Gasteiger partial charge in [-0.25, -0.2) is 13.2 Å². The average molecular weight is 416 g/mol. The van der Waals surface area contributed by atoms with Crippen LogP contribution in [-0.4, -0.2) is 44.9 Å². The summed E-state index contributed by atoms with van der Waals surface area (Å²) in [5.74, 6) is -0.610. The van der Waals surface area contributed by atoms with Gasteiger partial charge in [0.2, 0.25) is 0 Å². The molecule has 3 rings (SSSR count). The van der Waals surface area contributed by atoms with Crippen LogP contribution in [0.4, 0.5) is 5.69 Å². The molecule has 1 aliphatic heterocycles. The average Bonchev–Trinajstić information content (AvgIpc) is 3.23. The second-order valence-corrected chi connectivity index (χ2v) is 8.56. The summed E-state index contributed by atoms with van der Waals surface area (Å²) in [7, 11) is -3.89. The van der Waals surface area contributed by atoms with E-state index < -0.39 is 16.0 Å². The zero-order chi connectivity index (χ0) is 21.0. The molecule has 7 nitrogen and oxygen atoms in total. The van der Waals surface area contributed by atoms with Gasteiger partial charge in [-0.05, 0) is 68.7 Å². The first-order valence-electron chi connectivity index (χ1n) is 9.52. The van der Waals surface area contributed by atoms with Crippen LogP contribution in [0.3, 0.4) is 0 Å². The molecule has 1 N–H and O–H groups in total. The maximum Gasteiger partial charge on any atom is 0.338 e. The van der Waals surface area contributed by atoms with Crippen LogP contribution in [0.1, 0.15) is 46.0 Å². The van der Waals surface area contributed by atoms with Gasteiger partial charge in [-0.3, -0.25) is 9.52 Å². The SMILES string of the molecule is CCOC(=O)c1ccc(NS(=O)(=O)c2ccc(C)c(C(=O)N3CCCC3)c2)cc1. The zero-order valence-corrected chi connectivity index (χ0v) is 17.3. The van der Waals surface area contributed by atoms with E-state index in [0.29, 0.717) is 29.9 Å². The number of carbonyl (C=O) groups is 2. The number of benzene rings is 2. The number of carbonyl (C=O) groups excluding carboxylic acids is 2. The van der Waals surface area contributed by atoms with Gasteiger partial charge in [-0.1, -0.05) is 6.07 Å². The third kappa shape index (κ3) is 4.76. The summed E-state index contributed by atoms with van der Waals surface area (Å²) in [6.07, 6.45) is 1.93. The van der Waals surface area contributed by atoms with Crippen molar-refractivity contribution in [1.29, 1.82) is 0 Å². The molecule has 0 saturated carbocycles. The molecule has 0 spiro atoms. The van der Waals surface area contributed by atoms with Crippen LogP contribution in [0.5, 0.6) is 0 Å². The number of nitrogens with one attached hydrogen (secondary N) is 1. The van der Waals surface area contributed by atoms with Gasteiger partial charge in [0.05, 0.1) is 17.1 Å². The molecule has 29 heavy (non-hydrogen) atoms. The Balaban J connectivity index is 1.81. The number of rotatable bonds is 6. The molecular formula is C21H24N2O5S. The number of nitrogens with zero attached hydrogens (tertiary/aromatic N) is 1. The number of ether oxygens (including phenoxy) is 1. The molecule has 0 unspecified atom stereocenters. The molecule has 0 aliphatic carbocycles. The van der Waals surface area contributed by atoms with Crippen LogP contribution < -0.4 is 4.72 Å². The van der Waals surface area contributed by atoms with Crippen molar-refractivity contribution in [2.75, 3.05) is 24.4 Å². The Morgan fingerprint density at radius 2 is 1.72 bits per heavy atom. The van der Waals surface area contributed by atoms with E-state index in [-0.39, 0.29) is 17.4 Å². The van der Waals surface area contributed by atoms with Gasteiger partial charge in [0.15, 0.2) is 0 Å². The van der Waals surface area contributed by atoms with Gasteiger partial charge < -0.3 is 9.64 Å². The monoisotopic (exact) mass is 416 g/mol. The first-order chi connectivity index (χ1) is 13.8. The highest BCUT2D eigenvalue weighted by atomic mass is 32.2. The van der Waals surface area contributed by atoms with E-state index in [0.717, 1.165) is 18.4 Å². The second-order valence-electron chi connectivity index (χ2n) is 6.88. The van der Waals surface area contributed by atoms with Gasteiger partial charge in [-0.15, -0.1) is 0 Å². The van der Waals surface area contributed by atoms with E-state index in [4.69, 9.17) is 4.74 Å². The smallest absolute Gasteiger partial charge is 0.338 e. The fourth-order valence-corrected chi connectivity index (χ4v) is 4.28. The lowest BCUT2D eigenvalue weighted by molar-refractivity contribution is 0.0526. The lowest BCUT2D eigenvalue weighted by Gasteiger charge is -2.17. The Hall–Kier alpha value is -2.87. The molecule has 1 heterocycles. The minimum atomic E-state index is -3.89. The lowest BCUT2D eigenvalue weighted by Crippen LogP contribution is -2.28. The van der Waals surface area contributed by atoms with Gasteiger partial charge >= 0.3 is 5.97 Å². The molecule has 1 fully saturated rings. The number of hydrogen-bond acceptors (Lipinski definition) is 5. The Morgan fingerprint density at radius 3 is 2.34 bits per heavy atom. The van der Waals surface area contributed by atoms with Gasteiger partial charge in [0.25, 0.3) is 15.9 Å². The number of sulfonamides is 1.